The average Bonchev–Trinajstić information content (AvgIpc) is 3.38. The first kappa shape index (κ1) is 19.4. The third-order valence-corrected chi connectivity index (χ3v) is 5.27. The van der Waals surface area contributed by atoms with E-state index in [1.54, 1.807) is 26.4 Å². The summed E-state index contributed by atoms with van der Waals surface area (Å²) in [4.78, 5) is 15.1. The van der Waals surface area contributed by atoms with E-state index in [0.717, 1.165) is 44.1 Å². The molecule has 1 atom stereocenters. The number of nitrogens with one attached hydrogen (secondary N) is 1. The predicted molar refractivity (Wildman–Crippen MR) is 110 cm³/mol. The topological polar surface area (TPSA) is 81.0 Å². The van der Waals surface area contributed by atoms with E-state index in [2.05, 4.69) is 20.4 Å². The van der Waals surface area contributed by atoms with Gasteiger partial charge < -0.3 is 19.7 Å². The normalized spacial score (nSPS) is 17.0. The van der Waals surface area contributed by atoms with Crippen LogP contribution in [0.15, 0.2) is 42.6 Å². The molecule has 1 aliphatic rings. The Bertz CT molecular complexity index is 1000. The molecule has 1 aromatic carbocycles. The van der Waals surface area contributed by atoms with Crippen molar-refractivity contribution in [2.75, 3.05) is 45.8 Å². The molecule has 1 aliphatic heterocycles. The number of pyridine rings is 1. The third-order valence-electron chi connectivity index (χ3n) is 5.27. The van der Waals surface area contributed by atoms with Crippen LogP contribution in [0.1, 0.15) is 28.5 Å². The molecule has 152 valence electrons. The summed E-state index contributed by atoms with van der Waals surface area (Å²) >= 11 is 0. The number of benzene rings is 1. The van der Waals surface area contributed by atoms with Crippen molar-refractivity contribution < 1.29 is 14.3 Å². The van der Waals surface area contributed by atoms with E-state index in [0.29, 0.717) is 22.9 Å². The molecule has 3 heterocycles. The van der Waals surface area contributed by atoms with Crippen molar-refractivity contribution in [2.24, 2.45) is 0 Å². The van der Waals surface area contributed by atoms with Crippen LogP contribution in [0, 0.1) is 0 Å². The number of methoxy groups -OCH3 is 2. The standard InChI is InChI=1S/C21H25N5O3/c1-28-11-10-25-9-8-15(13-25)20-24-23-19-7-6-16(14-26(19)20)21(27)22-17-4-3-5-18(12-17)29-2/h3-7,12,14-15H,8-11,13H2,1-2H3,(H,22,27). The first-order valence-corrected chi connectivity index (χ1v) is 9.69. The zero-order chi connectivity index (χ0) is 20.2. The molecule has 8 nitrogen and oxygen atoms in total. The fraction of sp³-hybridized carbons (Fsp3) is 0.381. The fourth-order valence-electron chi connectivity index (χ4n) is 3.69. The molecule has 1 fully saturated rings. The van der Waals surface area contributed by atoms with E-state index in [9.17, 15) is 4.79 Å². The maximum atomic E-state index is 12.8. The van der Waals surface area contributed by atoms with Crippen molar-refractivity contribution in [3.8, 4) is 5.75 Å². The van der Waals surface area contributed by atoms with Crippen LogP contribution in [-0.2, 0) is 4.74 Å². The third kappa shape index (κ3) is 4.23. The van der Waals surface area contributed by atoms with Crippen molar-refractivity contribution >= 4 is 17.2 Å². The summed E-state index contributed by atoms with van der Waals surface area (Å²) in [5.41, 5.74) is 1.98. The second-order valence-corrected chi connectivity index (χ2v) is 7.17. The number of fused-ring (bicyclic) bond motifs is 1. The smallest absolute Gasteiger partial charge is 0.257 e. The highest BCUT2D eigenvalue weighted by molar-refractivity contribution is 6.04. The fourth-order valence-corrected chi connectivity index (χ4v) is 3.69. The number of nitrogens with zero attached hydrogens (tertiary/aromatic N) is 4. The molecular formula is C21H25N5O3. The monoisotopic (exact) mass is 395 g/mol. The van der Waals surface area contributed by atoms with E-state index in [4.69, 9.17) is 9.47 Å². The lowest BCUT2D eigenvalue weighted by Crippen LogP contribution is -2.24. The van der Waals surface area contributed by atoms with E-state index in [-0.39, 0.29) is 5.91 Å². The zero-order valence-corrected chi connectivity index (χ0v) is 16.7. The van der Waals surface area contributed by atoms with Gasteiger partial charge in [0.25, 0.3) is 5.91 Å². The minimum Gasteiger partial charge on any atom is -0.497 e. The maximum absolute atomic E-state index is 12.8. The van der Waals surface area contributed by atoms with Gasteiger partial charge in [0.15, 0.2) is 5.65 Å². The van der Waals surface area contributed by atoms with E-state index >= 15 is 0 Å². The van der Waals surface area contributed by atoms with Gasteiger partial charge in [-0.05, 0) is 37.2 Å². The molecule has 2 aromatic heterocycles. The number of amides is 1. The number of rotatable bonds is 7. The molecule has 1 saturated heterocycles. The van der Waals surface area contributed by atoms with Gasteiger partial charge >= 0.3 is 0 Å². The van der Waals surface area contributed by atoms with Crippen molar-refractivity contribution in [1.82, 2.24) is 19.5 Å². The van der Waals surface area contributed by atoms with Gasteiger partial charge in [0.2, 0.25) is 0 Å². The Kier molecular flexibility index (Phi) is 5.73. The Labute approximate surface area is 169 Å². The van der Waals surface area contributed by atoms with Gasteiger partial charge in [0.1, 0.15) is 11.6 Å². The van der Waals surface area contributed by atoms with Crippen LogP contribution in [0.25, 0.3) is 5.65 Å². The first-order chi connectivity index (χ1) is 14.2. The second-order valence-electron chi connectivity index (χ2n) is 7.17. The number of carbonyl (C=O) groups is 1. The highest BCUT2D eigenvalue weighted by Gasteiger charge is 2.27. The van der Waals surface area contributed by atoms with Crippen LogP contribution < -0.4 is 10.1 Å². The Hall–Kier alpha value is -2.97. The highest BCUT2D eigenvalue weighted by Crippen LogP contribution is 2.26. The van der Waals surface area contributed by atoms with Crippen LogP contribution in [0.2, 0.25) is 0 Å². The lowest BCUT2D eigenvalue weighted by Gasteiger charge is -2.14. The minimum absolute atomic E-state index is 0.187. The Morgan fingerprint density at radius 2 is 2.14 bits per heavy atom. The largest absolute Gasteiger partial charge is 0.497 e. The van der Waals surface area contributed by atoms with E-state index in [1.165, 1.54) is 0 Å². The molecule has 4 rings (SSSR count). The van der Waals surface area contributed by atoms with Gasteiger partial charge in [0, 0.05) is 44.1 Å². The summed E-state index contributed by atoms with van der Waals surface area (Å²) in [7, 11) is 3.32. The quantitative estimate of drug-likeness (QED) is 0.662. The van der Waals surface area contributed by atoms with Crippen molar-refractivity contribution in [2.45, 2.75) is 12.3 Å². The molecule has 29 heavy (non-hydrogen) atoms. The van der Waals surface area contributed by atoms with Crippen molar-refractivity contribution in [1.29, 1.82) is 0 Å². The van der Waals surface area contributed by atoms with Gasteiger partial charge in [-0.15, -0.1) is 10.2 Å². The molecule has 3 aromatic rings. The lowest BCUT2D eigenvalue weighted by molar-refractivity contribution is 0.102. The molecule has 0 spiro atoms. The van der Waals surface area contributed by atoms with Gasteiger partial charge in [-0.3, -0.25) is 9.20 Å². The summed E-state index contributed by atoms with van der Waals surface area (Å²) in [6, 6.07) is 10.9. The van der Waals surface area contributed by atoms with Crippen LogP contribution in [0.4, 0.5) is 5.69 Å². The SMILES string of the molecule is COCCN1CCC(c2nnc3ccc(C(=O)Nc4cccc(OC)c4)cn23)C1. The molecule has 0 bridgehead atoms. The number of anilines is 1. The van der Waals surface area contributed by atoms with E-state index in [1.807, 2.05) is 34.9 Å². The van der Waals surface area contributed by atoms with Crippen LogP contribution in [-0.4, -0.2) is 65.9 Å². The maximum Gasteiger partial charge on any atom is 0.257 e. The summed E-state index contributed by atoms with van der Waals surface area (Å²) < 4.78 is 12.3. The molecule has 1 unspecified atom stereocenters. The Morgan fingerprint density at radius 3 is 2.97 bits per heavy atom. The van der Waals surface area contributed by atoms with Gasteiger partial charge in [-0.1, -0.05) is 6.07 Å². The predicted octanol–water partition coefficient (Wildman–Crippen LogP) is 2.43. The second kappa shape index (κ2) is 8.59. The highest BCUT2D eigenvalue weighted by atomic mass is 16.5. The molecular weight excluding hydrogens is 370 g/mol. The first-order valence-electron chi connectivity index (χ1n) is 9.69. The molecule has 8 heteroatoms. The average molecular weight is 395 g/mol. The van der Waals surface area contributed by atoms with Gasteiger partial charge in [0.05, 0.1) is 19.3 Å². The minimum atomic E-state index is -0.187. The van der Waals surface area contributed by atoms with Crippen molar-refractivity contribution in [3.05, 3.63) is 54.0 Å². The van der Waals surface area contributed by atoms with Crippen molar-refractivity contribution in [3.63, 3.8) is 0 Å². The summed E-state index contributed by atoms with van der Waals surface area (Å²) in [6.45, 7) is 3.57. The van der Waals surface area contributed by atoms with Crippen LogP contribution >= 0.6 is 0 Å². The van der Waals surface area contributed by atoms with Crippen LogP contribution in [0.3, 0.4) is 0 Å². The number of likely N-dealkylation sites (tertiary alicyclic amines) is 1. The van der Waals surface area contributed by atoms with Gasteiger partial charge in [-0.2, -0.15) is 0 Å². The summed E-state index contributed by atoms with van der Waals surface area (Å²) in [6.07, 6.45) is 2.84. The molecule has 1 N–H and O–H groups in total. The number of hydrogen-bond acceptors (Lipinski definition) is 6. The number of carbonyl (C=O) groups excluding carboxylic acids is 1. The summed E-state index contributed by atoms with van der Waals surface area (Å²) in [5.74, 6) is 1.70. The zero-order valence-electron chi connectivity index (χ0n) is 16.7. The molecule has 0 aliphatic carbocycles. The lowest BCUT2D eigenvalue weighted by atomic mass is 10.1. The molecule has 1 amide bonds. The summed E-state index contributed by atoms with van der Waals surface area (Å²) in [5, 5.41) is 11.6. The van der Waals surface area contributed by atoms with Crippen LogP contribution in [0.5, 0.6) is 5.75 Å². The number of ether oxygens (including phenoxy) is 2. The Balaban J connectivity index is 1.53. The van der Waals surface area contributed by atoms with Gasteiger partial charge in [-0.25, -0.2) is 0 Å². The number of hydrogen-bond donors (Lipinski definition) is 1. The molecule has 0 saturated carbocycles. The Morgan fingerprint density at radius 1 is 1.24 bits per heavy atom. The molecule has 0 radical (unpaired) electrons. The number of aromatic nitrogens is 3. The van der Waals surface area contributed by atoms with E-state index < -0.39 is 0 Å².